The molecule has 1 aromatic carbocycles. The van der Waals surface area contributed by atoms with Gasteiger partial charge in [0.05, 0.1) is 17.7 Å². The topological polar surface area (TPSA) is 296 Å². The van der Waals surface area contributed by atoms with Crippen molar-refractivity contribution in [3.05, 3.63) is 71.2 Å². The lowest BCUT2D eigenvalue weighted by Crippen LogP contribution is -2.71. The number of benzene rings is 1. The smallest absolute Gasteiger partial charge is 0.428 e. The lowest BCUT2D eigenvalue weighted by molar-refractivity contribution is -0.689. The molecule has 2 aromatic rings. The van der Waals surface area contributed by atoms with E-state index in [4.69, 9.17) is 21.4 Å². The Morgan fingerprint density at radius 1 is 1.02 bits per heavy atom. The van der Waals surface area contributed by atoms with E-state index in [0.717, 1.165) is 4.90 Å². The number of anilines is 1. The van der Waals surface area contributed by atoms with Crippen molar-refractivity contribution in [3.63, 3.8) is 0 Å². The van der Waals surface area contributed by atoms with Crippen LogP contribution < -0.4 is 31.8 Å². The van der Waals surface area contributed by atoms with Crippen LogP contribution in [0.3, 0.4) is 0 Å². The molecule has 2 fully saturated rings. The molecule has 1 aromatic heterocycles. The lowest BCUT2D eigenvalue weighted by Gasteiger charge is -2.49. The summed E-state index contributed by atoms with van der Waals surface area (Å²) in [7, 11) is 0. The van der Waals surface area contributed by atoms with Gasteiger partial charge in [-0.25, -0.2) is 29.8 Å². The average molecular weight is 783 g/mol. The van der Waals surface area contributed by atoms with Gasteiger partial charge in [-0.2, -0.15) is 0 Å². The third-order valence-electron chi connectivity index (χ3n) is 8.81. The first kappa shape index (κ1) is 39.7. The van der Waals surface area contributed by atoms with Gasteiger partial charge in [-0.1, -0.05) is 12.1 Å². The zero-order valence-electron chi connectivity index (χ0n) is 29.1. The van der Waals surface area contributed by atoms with Gasteiger partial charge < -0.3 is 36.2 Å². The number of nitrogens with one attached hydrogen (secondary N) is 2. The first-order valence-electron chi connectivity index (χ1n) is 16.6. The van der Waals surface area contributed by atoms with Crippen LogP contribution in [0.25, 0.3) is 0 Å². The fourth-order valence-corrected chi connectivity index (χ4v) is 7.22. The highest BCUT2D eigenvalue weighted by Crippen LogP contribution is 2.40. The third kappa shape index (κ3) is 8.49. The minimum absolute atomic E-state index is 0.0419. The van der Waals surface area contributed by atoms with Crippen LogP contribution in [0.4, 0.5) is 15.3 Å². The number of rotatable bonds is 13. The highest BCUT2D eigenvalue weighted by atomic mass is 32.2. The van der Waals surface area contributed by atoms with Gasteiger partial charge in [-0.05, 0) is 24.6 Å². The fourth-order valence-electron chi connectivity index (χ4n) is 5.89. The number of aromatic nitrogens is 1. The van der Waals surface area contributed by atoms with Crippen molar-refractivity contribution in [3.8, 4) is 0 Å². The van der Waals surface area contributed by atoms with Crippen molar-refractivity contribution >= 4 is 71.0 Å². The number of amides is 8. The van der Waals surface area contributed by atoms with E-state index in [9.17, 15) is 48.3 Å². The Kier molecular flexibility index (Phi) is 12.0. The van der Waals surface area contributed by atoms with Crippen LogP contribution in [-0.4, -0.2) is 122 Å². The molecule has 22 heteroatoms. The number of nitrogens with two attached hydrogens (primary N) is 2. The van der Waals surface area contributed by atoms with Gasteiger partial charge in [0.2, 0.25) is 11.8 Å². The van der Waals surface area contributed by atoms with Crippen LogP contribution in [0.5, 0.6) is 0 Å². The predicted octanol–water partition coefficient (Wildman–Crippen LogP) is -1.76. The lowest BCUT2D eigenvalue weighted by atomic mass is 10.0. The maximum atomic E-state index is 13.9. The van der Waals surface area contributed by atoms with Gasteiger partial charge in [0.15, 0.2) is 18.9 Å². The zero-order chi connectivity index (χ0) is 40.1. The number of pyridine rings is 1. The number of carbonyl (C=O) groups is 9. The van der Waals surface area contributed by atoms with E-state index in [1.807, 2.05) is 0 Å². The molecule has 290 valence electrons. The predicted molar refractivity (Wildman–Crippen MR) is 187 cm³/mol. The molecule has 2 saturated heterocycles. The highest BCUT2D eigenvalue weighted by molar-refractivity contribution is 8.00. The number of carboxylic acids is 2. The number of nitrogens with zero attached hydrogens (tertiary/aromatic N) is 5. The number of hydrogen-bond acceptors (Lipinski definition) is 12. The van der Waals surface area contributed by atoms with Crippen molar-refractivity contribution in [1.29, 1.82) is 0 Å². The molecule has 0 unspecified atom stereocenters. The largest absolute Gasteiger partial charge is 0.481 e. The zero-order valence-corrected chi connectivity index (χ0v) is 29.9. The van der Waals surface area contributed by atoms with E-state index in [2.05, 4.69) is 10.6 Å². The number of primary amides is 1. The van der Waals surface area contributed by atoms with E-state index >= 15 is 0 Å². The summed E-state index contributed by atoms with van der Waals surface area (Å²) < 4.78 is 6.43. The number of hydrogen-bond donors (Lipinski definition) is 6. The maximum absolute atomic E-state index is 13.9. The first-order chi connectivity index (χ1) is 26.1. The van der Waals surface area contributed by atoms with Gasteiger partial charge in [-0.15, -0.1) is 11.8 Å². The van der Waals surface area contributed by atoms with Crippen LogP contribution in [0.15, 0.2) is 60.1 Å². The van der Waals surface area contributed by atoms with Crippen molar-refractivity contribution in [2.75, 3.05) is 37.0 Å². The van der Waals surface area contributed by atoms with Gasteiger partial charge in [-0.3, -0.25) is 38.6 Å². The van der Waals surface area contributed by atoms with E-state index in [-0.39, 0.29) is 54.4 Å². The number of piperazine rings is 1. The van der Waals surface area contributed by atoms with Gasteiger partial charge in [0, 0.05) is 43.1 Å². The highest BCUT2D eigenvalue weighted by Gasteiger charge is 2.55. The number of β-lactam (4-membered cyclic amide) rings is 1. The Labute approximate surface area is 315 Å². The second kappa shape index (κ2) is 16.6. The van der Waals surface area contributed by atoms with Crippen molar-refractivity contribution < 1.29 is 62.7 Å². The van der Waals surface area contributed by atoms with Gasteiger partial charge >= 0.3 is 35.9 Å². The van der Waals surface area contributed by atoms with Gasteiger partial charge in [0.1, 0.15) is 29.8 Å². The normalized spacial score (nSPS) is 18.5. The maximum Gasteiger partial charge on any atom is 0.428 e. The summed E-state index contributed by atoms with van der Waals surface area (Å²) in [4.78, 5) is 116. The molecule has 4 heterocycles. The Hall–Kier alpha value is -6.55. The van der Waals surface area contributed by atoms with E-state index in [1.165, 1.54) is 65.5 Å². The summed E-state index contributed by atoms with van der Waals surface area (Å²) in [5.74, 6) is -0.942. The molecule has 0 bridgehead atoms. The molecule has 0 spiro atoms. The van der Waals surface area contributed by atoms with Crippen LogP contribution in [0.2, 0.25) is 0 Å². The molecule has 8 N–H and O–H groups in total. The minimum Gasteiger partial charge on any atom is -0.481 e. The molecule has 21 nitrogen and oxygen atoms in total. The minimum atomic E-state index is -1.59. The SMILES string of the molecule is CCN1CCN(C(=O)N[C@@H](C(=O)N[C@@H]2C(=O)N3C(C(=O)O)=C(C[n+]4ccc(C(N)=O)cc4)CS[C@H]23)c2ccc(N(N)C(=O)OCCC(=O)O)cc2)C(=O)C1=O. The van der Waals surface area contributed by atoms with Crippen LogP contribution in [0.1, 0.15) is 35.3 Å². The summed E-state index contributed by atoms with van der Waals surface area (Å²) in [6, 6.07) is 4.21. The molecule has 3 aliphatic rings. The fraction of sp³-hybridized carbons (Fsp3) is 0.333. The Morgan fingerprint density at radius 3 is 2.29 bits per heavy atom. The Bertz CT molecular complexity index is 1970. The molecule has 0 saturated carbocycles. The number of aliphatic carboxylic acids is 2. The van der Waals surface area contributed by atoms with Gasteiger partial charge in [0.25, 0.3) is 5.91 Å². The van der Waals surface area contributed by atoms with Crippen molar-refractivity contribution in [2.45, 2.75) is 37.3 Å². The standard InChI is InChI=1S/C33H35N9O12S/c1-2-39-12-13-40(29(49)28(39)48)32(52)37-22(17-3-5-20(6-4-17)42(35)33(53)54-14-9-21(43)44)26(46)36-23-27(47)41-24(31(50)51)19(16-55-30(23)41)15-38-10-7-18(8-11-38)25(34)45/h3-8,10-11,22-23,30H,2,9,12-16,35H2,1H3,(H5-,34,36,37,43,44,45,46,50,51,52)/p+1/t22-,23-,30-/m1/s1. The van der Waals surface area contributed by atoms with E-state index < -0.39 is 84.1 Å². The van der Waals surface area contributed by atoms with Crippen LogP contribution >= 0.6 is 11.8 Å². The molecule has 3 aliphatic heterocycles. The Morgan fingerprint density at radius 2 is 1.69 bits per heavy atom. The number of likely N-dealkylation sites (N-methyl/N-ethyl adjacent to an activating group) is 1. The summed E-state index contributed by atoms with van der Waals surface area (Å²) >= 11 is 1.19. The van der Waals surface area contributed by atoms with Crippen LogP contribution in [-0.2, 0) is 40.0 Å². The van der Waals surface area contributed by atoms with E-state index in [1.54, 1.807) is 11.5 Å². The number of urea groups is 1. The first-order valence-corrected chi connectivity index (χ1v) is 17.6. The second-order valence-corrected chi connectivity index (χ2v) is 13.3. The number of fused-ring (bicyclic) bond motifs is 1. The molecule has 3 atom stereocenters. The third-order valence-corrected chi connectivity index (χ3v) is 10.1. The number of thioether (sulfide) groups is 1. The summed E-state index contributed by atoms with van der Waals surface area (Å²) in [5.41, 5.74) is 5.78. The van der Waals surface area contributed by atoms with Crippen molar-refractivity contribution in [2.24, 2.45) is 11.6 Å². The second-order valence-electron chi connectivity index (χ2n) is 12.2. The number of imide groups is 1. The molecule has 55 heavy (non-hydrogen) atoms. The summed E-state index contributed by atoms with van der Waals surface area (Å²) in [6.45, 7) is 1.40. The molecular formula is C33H36N9O12S+. The Balaban J connectivity index is 1.35. The number of carbonyl (C=O) groups excluding carboxylic acids is 7. The number of ether oxygens (including phenoxy) is 1. The summed E-state index contributed by atoms with van der Waals surface area (Å²) in [5, 5.41) is 23.6. The summed E-state index contributed by atoms with van der Waals surface area (Å²) in [6.07, 6.45) is 1.54. The quantitative estimate of drug-likeness (QED) is 0.0328. The molecule has 0 aliphatic carbocycles. The average Bonchev–Trinajstić information content (AvgIpc) is 3.16. The number of hydrazine groups is 1. The monoisotopic (exact) mass is 782 g/mol. The molecular weight excluding hydrogens is 746 g/mol. The molecule has 8 amide bonds. The number of carboxylic acid groups (broad SMARTS) is 2. The van der Waals surface area contributed by atoms with Crippen LogP contribution in [0, 0.1) is 0 Å². The molecule has 5 rings (SSSR count). The van der Waals surface area contributed by atoms with Crippen molar-refractivity contribution in [1.82, 2.24) is 25.3 Å². The molecule has 0 radical (unpaired) electrons. The van der Waals surface area contributed by atoms with E-state index in [0.29, 0.717) is 15.5 Å².